The molecule has 2 amide bonds. The number of fused-ring (bicyclic) bond motifs is 1. The van der Waals surface area contributed by atoms with Crippen LogP contribution in [0.25, 0.3) is 0 Å². The molecule has 0 radical (unpaired) electrons. The summed E-state index contributed by atoms with van der Waals surface area (Å²) in [7, 11) is 1.69. The van der Waals surface area contributed by atoms with Crippen LogP contribution in [0.2, 0.25) is 0 Å². The summed E-state index contributed by atoms with van der Waals surface area (Å²) in [6.07, 6.45) is 4.08. The van der Waals surface area contributed by atoms with Crippen molar-refractivity contribution in [2.45, 2.75) is 44.3 Å². The maximum absolute atomic E-state index is 13.8. The summed E-state index contributed by atoms with van der Waals surface area (Å²) in [5.74, 6) is 0.0838. The summed E-state index contributed by atoms with van der Waals surface area (Å²) in [5.41, 5.74) is 1.47. The van der Waals surface area contributed by atoms with Gasteiger partial charge in [-0.2, -0.15) is 5.10 Å². The highest BCUT2D eigenvalue weighted by atomic mass is 19.1. The Labute approximate surface area is 177 Å². The minimum absolute atomic E-state index is 0.0650. The zero-order valence-corrected chi connectivity index (χ0v) is 17.0. The molecule has 0 saturated heterocycles. The molecule has 3 aromatic rings. The lowest BCUT2D eigenvalue weighted by molar-refractivity contribution is -0.120. The molecule has 1 aliphatic heterocycles. The molecule has 9 nitrogen and oxygen atoms in total. The number of halogens is 1. The summed E-state index contributed by atoms with van der Waals surface area (Å²) in [4.78, 5) is 31.2. The van der Waals surface area contributed by atoms with E-state index in [1.54, 1.807) is 30.1 Å². The highest BCUT2D eigenvalue weighted by Crippen LogP contribution is 2.40. The molecule has 1 aromatic carbocycles. The Kier molecular flexibility index (Phi) is 4.76. The molecule has 5 rings (SSSR count). The first-order valence-corrected chi connectivity index (χ1v) is 10.3. The van der Waals surface area contributed by atoms with Crippen molar-refractivity contribution in [2.24, 2.45) is 0 Å². The lowest BCUT2D eigenvalue weighted by Gasteiger charge is -2.19. The number of nitrogens with one attached hydrogen (secondary N) is 1. The van der Waals surface area contributed by atoms with Crippen LogP contribution in [0, 0.1) is 5.82 Å². The van der Waals surface area contributed by atoms with Crippen LogP contribution in [-0.4, -0.2) is 49.4 Å². The summed E-state index contributed by atoms with van der Waals surface area (Å²) in [6, 6.07) is 7.61. The largest absolute Gasteiger partial charge is 0.337 e. The van der Waals surface area contributed by atoms with Crippen molar-refractivity contribution < 1.29 is 14.0 Å². The molecule has 10 heteroatoms. The van der Waals surface area contributed by atoms with Crippen LogP contribution >= 0.6 is 0 Å². The van der Waals surface area contributed by atoms with Crippen molar-refractivity contribution in [2.75, 3.05) is 11.9 Å². The molecule has 1 N–H and O–H groups in total. The SMILES string of the molecule is CN1C(=O)[C@@H](NC(=O)c2ncn(Cc3ccccc3F)n2)CCn2nc(C3CC3)cc21. The molecule has 1 fully saturated rings. The first kappa shape index (κ1) is 19.4. The van der Waals surface area contributed by atoms with Gasteiger partial charge in [0, 0.05) is 31.1 Å². The molecular formula is C21H22FN7O2. The van der Waals surface area contributed by atoms with E-state index in [4.69, 9.17) is 0 Å². The number of aryl methyl sites for hydroxylation is 1. The van der Waals surface area contributed by atoms with E-state index < -0.39 is 11.9 Å². The van der Waals surface area contributed by atoms with Gasteiger partial charge in [-0.25, -0.2) is 18.7 Å². The number of anilines is 1. The number of aromatic nitrogens is 5. The molecular weight excluding hydrogens is 401 g/mol. The Hall–Kier alpha value is -3.56. The van der Waals surface area contributed by atoms with E-state index in [9.17, 15) is 14.0 Å². The van der Waals surface area contributed by atoms with Crippen LogP contribution in [0.1, 0.15) is 47.1 Å². The smallest absolute Gasteiger partial charge is 0.291 e. The highest BCUT2D eigenvalue weighted by Gasteiger charge is 2.34. The van der Waals surface area contributed by atoms with Gasteiger partial charge in [-0.1, -0.05) is 18.2 Å². The lowest BCUT2D eigenvalue weighted by Crippen LogP contribution is -2.47. The predicted molar refractivity (Wildman–Crippen MR) is 109 cm³/mol. The normalized spacial score (nSPS) is 18.6. The third-order valence-corrected chi connectivity index (χ3v) is 5.71. The fourth-order valence-electron chi connectivity index (χ4n) is 3.79. The Morgan fingerprint density at radius 1 is 1.23 bits per heavy atom. The van der Waals surface area contributed by atoms with Gasteiger partial charge in [-0.05, 0) is 25.3 Å². The molecule has 160 valence electrons. The first-order chi connectivity index (χ1) is 15.0. The van der Waals surface area contributed by atoms with Crippen molar-refractivity contribution >= 4 is 17.6 Å². The van der Waals surface area contributed by atoms with E-state index in [0.717, 1.165) is 24.4 Å². The summed E-state index contributed by atoms with van der Waals surface area (Å²) in [6.45, 7) is 0.681. The van der Waals surface area contributed by atoms with Crippen LogP contribution in [0.4, 0.5) is 10.2 Å². The maximum Gasteiger partial charge on any atom is 0.291 e. The number of hydrogen-bond donors (Lipinski definition) is 1. The molecule has 1 aliphatic carbocycles. The topological polar surface area (TPSA) is 97.9 Å². The first-order valence-electron chi connectivity index (χ1n) is 10.3. The Morgan fingerprint density at radius 2 is 2.03 bits per heavy atom. The number of nitrogens with zero attached hydrogens (tertiary/aromatic N) is 6. The average Bonchev–Trinajstić information content (AvgIpc) is 3.38. The Bertz CT molecular complexity index is 1150. The minimum atomic E-state index is -0.706. The zero-order chi connectivity index (χ0) is 21.5. The molecule has 3 heterocycles. The molecule has 31 heavy (non-hydrogen) atoms. The van der Waals surface area contributed by atoms with Crippen molar-refractivity contribution in [3.63, 3.8) is 0 Å². The monoisotopic (exact) mass is 423 g/mol. The fraction of sp³-hybridized carbons (Fsp3) is 0.381. The van der Waals surface area contributed by atoms with E-state index in [0.29, 0.717) is 24.4 Å². The van der Waals surface area contributed by atoms with E-state index >= 15 is 0 Å². The zero-order valence-electron chi connectivity index (χ0n) is 17.0. The number of rotatable bonds is 5. The standard InChI is InChI=1S/C21H22FN7O2/c1-27-18-10-17(13-6-7-13)25-29(18)9-8-16(21(27)31)24-20(30)19-23-12-28(26-19)11-14-4-2-3-5-15(14)22/h2-5,10,12-13,16H,6-9,11H2,1H3,(H,24,30)/t16-/m0/s1. The number of hydrogen-bond acceptors (Lipinski definition) is 5. The van der Waals surface area contributed by atoms with Crippen LogP contribution in [0.3, 0.4) is 0 Å². The Morgan fingerprint density at radius 3 is 2.81 bits per heavy atom. The molecule has 1 saturated carbocycles. The van der Waals surface area contributed by atoms with Gasteiger partial charge >= 0.3 is 0 Å². The summed E-state index contributed by atoms with van der Waals surface area (Å²) < 4.78 is 17.1. The van der Waals surface area contributed by atoms with Gasteiger partial charge in [0.05, 0.1) is 12.2 Å². The third-order valence-electron chi connectivity index (χ3n) is 5.71. The number of benzene rings is 1. The molecule has 0 bridgehead atoms. The minimum Gasteiger partial charge on any atom is -0.337 e. The third kappa shape index (κ3) is 3.80. The van der Waals surface area contributed by atoms with Gasteiger partial charge in [0.1, 0.15) is 24.0 Å². The lowest BCUT2D eigenvalue weighted by atomic mass is 10.2. The van der Waals surface area contributed by atoms with Gasteiger partial charge < -0.3 is 5.32 Å². The average molecular weight is 423 g/mol. The van der Waals surface area contributed by atoms with Gasteiger partial charge in [-0.3, -0.25) is 14.5 Å². The molecule has 2 aromatic heterocycles. The van der Waals surface area contributed by atoms with Crippen molar-refractivity contribution in [1.29, 1.82) is 0 Å². The van der Waals surface area contributed by atoms with E-state index in [1.165, 1.54) is 17.1 Å². The van der Waals surface area contributed by atoms with E-state index in [1.807, 2.05) is 10.7 Å². The van der Waals surface area contributed by atoms with Crippen LogP contribution < -0.4 is 10.2 Å². The van der Waals surface area contributed by atoms with Crippen molar-refractivity contribution in [3.05, 3.63) is 59.6 Å². The highest BCUT2D eigenvalue weighted by molar-refractivity contribution is 6.00. The number of amides is 2. The van der Waals surface area contributed by atoms with Crippen molar-refractivity contribution in [3.8, 4) is 0 Å². The second-order valence-electron chi connectivity index (χ2n) is 7.99. The second-order valence-corrected chi connectivity index (χ2v) is 7.99. The summed E-state index contributed by atoms with van der Waals surface area (Å²) >= 11 is 0. The van der Waals surface area contributed by atoms with E-state index in [2.05, 4.69) is 20.5 Å². The van der Waals surface area contributed by atoms with Crippen LogP contribution in [0.15, 0.2) is 36.7 Å². The number of carbonyl (C=O) groups is 2. The fourth-order valence-corrected chi connectivity index (χ4v) is 3.79. The molecule has 0 unspecified atom stereocenters. The van der Waals surface area contributed by atoms with Gasteiger partial charge in [-0.15, -0.1) is 5.10 Å². The summed E-state index contributed by atoms with van der Waals surface area (Å²) in [5, 5.41) is 11.5. The predicted octanol–water partition coefficient (Wildman–Crippen LogP) is 1.70. The maximum atomic E-state index is 13.8. The molecule has 0 spiro atoms. The van der Waals surface area contributed by atoms with Crippen molar-refractivity contribution in [1.82, 2.24) is 29.9 Å². The second kappa shape index (κ2) is 7.60. The van der Waals surface area contributed by atoms with Crippen LogP contribution in [-0.2, 0) is 17.9 Å². The van der Waals surface area contributed by atoms with E-state index in [-0.39, 0.29) is 24.1 Å². The number of likely N-dealkylation sites (N-methyl/N-ethyl adjacent to an activating group) is 1. The number of carbonyl (C=O) groups excluding carboxylic acids is 2. The quantitative estimate of drug-likeness (QED) is 0.674. The van der Waals surface area contributed by atoms with Gasteiger partial charge in [0.2, 0.25) is 5.82 Å². The van der Waals surface area contributed by atoms with Gasteiger partial charge in [0.25, 0.3) is 11.8 Å². The molecule has 1 atom stereocenters. The van der Waals surface area contributed by atoms with Crippen LogP contribution in [0.5, 0.6) is 0 Å². The molecule has 2 aliphatic rings. The Balaban J connectivity index is 1.26. The van der Waals surface area contributed by atoms with Gasteiger partial charge in [0.15, 0.2) is 0 Å².